The van der Waals surface area contributed by atoms with E-state index >= 15 is 0 Å². The Morgan fingerprint density at radius 3 is 2.84 bits per heavy atom. The molecule has 0 spiro atoms. The smallest absolute Gasteiger partial charge is 0.435 e. The highest BCUT2D eigenvalue weighted by atomic mass is 127. The van der Waals surface area contributed by atoms with Crippen molar-refractivity contribution in [3.05, 3.63) is 32.9 Å². The normalized spacial score (nSPS) is 23.1. The summed E-state index contributed by atoms with van der Waals surface area (Å²) < 4.78 is 15.4. The van der Waals surface area contributed by atoms with Gasteiger partial charge in [-0.25, -0.2) is 14.3 Å². The highest BCUT2D eigenvalue weighted by Crippen LogP contribution is 2.58. The van der Waals surface area contributed by atoms with Crippen molar-refractivity contribution in [2.75, 3.05) is 13.2 Å². The van der Waals surface area contributed by atoms with Crippen molar-refractivity contribution in [1.82, 2.24) is 24.4 Å². The van der Waals surface area contributed by atoms with E-state index in [-0.39, 0.29) is 5.41 Å². The van der Waals surface area contributed by atoms with Gasteiger partial charge in [-0.2, -0.15) is 14.9 Å². The number of ether oxygens (including phenoxy) is 2. The Balaban J connectivity index is 1.67. The Hall–Kier alpha value is -2.01. The van der Waals surface area contributed by atoms with Gasteiger partial charge >= 0.3 is 6.09 Å². The Bertz CT molecular complexity index is 1210. The highest BCUT2D eigenvalue weighted by molar-refractivity contribution is 14.1. The predicted octanol–water partition coefficient (Wildman–Crippen LogP) is 4.28. The molecule has 9 heteroatoms. The van der Waals surface area contributed by atoms with Crippen LogP contribution in [0.1, 0.15) is 50.7 Å². The van der Waals surface area contributed by atoms with E-state index < -0.39 is 11.7 Å². The second-order valence-electron chi connectivity index (χ2n) is 9.57. The van der Waals surface area contributed by atoms with E-state index in [1.165, 1.54) is 4.68 Å². The van der Waals surface area contributed by atoms with Crippen molar-refractivity contribution in [3.8, 4) is 11.3 Å². The fraction of sp³-hybridized carbons (Fsp3) is 0.545. The number of carbonyl (C=O) groups excluding carboxylic acids is 1. The molecule has 1 aliphatic heterocycles. The molecule has 31 heavy (non-hydrogen) atoms. The molecule has 0 N–H and O–H groups in total. The van der Waals surface area contributed by atoms with Crippen molar-refractivity contribution in [3.63, 3.8) is 0 Å². The summed E-state index contributed by atoms with van der Waals surface area (Å²) in [5, 5.41) is 9.09. The van der Waals surface area contributed by atoms with Crippen molar-refractivity contribution in [2.24, 2.45) is 5.92 Å². The summed E-state index contributed by atoms with van der Waals surface area (Å²) in [5.41, 5.74) is 4.69. The number of nitrogens with zero attached hydrogens (tertiary/aromatic N) is 5. The maximum absolute atomic E-state index is 12.7. The third-order valence-electron chi connectivity index (χ3n) is 6.30. The van der Waals surface area contributed by atoms with Crippen LogP contribution in [0.15, 0.2) is 12.3 Å². The highest BCUT2D eigenvalue weighted by Gasteiger charge is 2.58. The van der Waals surface area contributed by atoms with E-state index in [0.29, 0.717) is 5.92 Å². The molecule has 3 aromatic heterocycles. The van der Waals surface area contributed by atoms with Crippen LogP contribution in [0.3, 0.4) is 0 Å². The molecule has 0 bridgehead atoms. The summed E-state index contributed by atoms with van der Waals surface area (Å²) in [6, 6.07) is 2.14. The molecule has 164 valence electrons. The Kier molecular flexibility index (Phi) is 4.71. The van der Waals surface area contributed by atoms with Crippen LogP contribution in [0.2, 0.25) is 0 Å². The second kappa shape index (κ2) is 6.99. The molecule has 1 aliphatic carbocycles. The molecule has 0 radical (unpaired) electrons. The molecule has 2 fully saturated rings. The van der Waals surface area contributed by atoms with E-state index in [1.807, 2.05) is 45.3 Å². The van der Waals surface area contributed by atoms with Gasteiger partial charge in [0.05, 0.1) is 39.1 Å². The van der Waals surface area contributed by atoms with Crippen molar-refractivity contribution in [2.45, 2.75) is 58.5 Å². The Morgan fingerprint density at radius 1 is 1.35 bits per heavy atom. The molecule has 2 atom stereocenters. The molecule has 1 saturated carbocycles. The average Bonchev–Trinajstić information content (AvgIpc) is 3.23. The molecule has 5 rings (SSSR count). The zero-order valence-corrected chi connectivity index (χ0v) is 20.6. The number of halogens is 1. The first-order chi connectivity index (χ1) is 14.6. The van der Waals surface area contributed by atoms with Gasteiger partial charge < -0.3 is 9.47 Å². The van der Waals surface area contributed by atoms with Gasteiger partial charge in [0.2, 0.25) is 0 Å². The molecule has 0 amide bonds. The van der Waals surface area contributed by atoms with Crippen LogP contribution >= 0.6 is 22.6 Å². The van der Waals surface area contributed by atoms with Crippen molar-refractivity contribution >= 4 is 34.3 Å². The van der Waals surface area contributed by atoms with Crippen LogP contribution < -0.4 is 0 Å². The Labute approximate surface area is 194 Å². The number of hydrogen-bond donors (Lipinski definition) is 0. The summed E-state index contributed by atoms with van der Waals surface area (Å²) in [6.07, 6.45) is 3.44. The fourth-order valence-corrected chi connectivity index (χ4v) is 5.17. The van der Waals surface area contributed by atoms with Gasteiger partial charge in [-0.3, -0.25) is 0 Å². The van der Waals surface area contributed by atoms with Crippen LogP contribution in [-0.2, 0) is 14.9 Å². The number of fused-ring (bicyclic) bond motifs is 2. The molecule has 8 nitrogen and oxygen atoms in total. The largest absolute Gasteiger partial charge is 0.442 e. The van der Waals surface area contributed by atoms with Crippen LogP contribution in [0, 0.1) is 23.3 Å². The second-order valence-corrected chi connectivity index (χ2v) is 10.7. The van der Waals surface area contributed by atoms with Gasteiger partial charge in [0.15, 0.2) is 5.65 Å². The minimum atomic E-state index is -0.595. The molecular weight excluding hydrogens is 509 g/mol. The average molecular weight is 535 g/mol. The van der Waals surface area contributed by atoms with Gasteiger partial charge in [0.25, 0.3) is 0 Å². The lowest BCUT2D eigenvalue weighted by Crippen LogP contribution is -2.28. The lowest BCUT2D eigenvalue weighted by atomic mass is 9.92. The van der Waals surface area contributed by atoms with Crippen LogP contribution in [0.4, 0.5) is 4.79 Å². The predicted molar refractivity (Wildman–Crippen MR) is 123 cm³/mol. The fourth-order valence-electron chi connectivity index (χ4n) is 4.69. The van der Waals surface area contributed by atoms with Crippen molar-refractivity contribution < 1.29 is 14.3 Å². The van der Waals surface area contributed by atoms with Gasteiger partial charge in [-0.1, -0.05) is 0 Å². The summed E-state index contributed by atoms with van der Waals surface area (Å²) in [5.74, 6) is 0.524. The zero-order valence-electron chi connectivity index (χ0n) is 18.4. The molecular formula is C22H26IN5O3. The molecule has 0 aromatic carbocycles. The summed E-state index contributed by atoms with van der Waals surface area (Å²) >= 11 is 2.28. The topological polar surface area (TPSA) is 83.5 Å². The first-order valence-electron chi connectivity index (χ1n) is 10.5. The van der Waals surface area contributed by atoms with Gasteiger partial charge in [-0.15, -0.1) is 0 Å². The summed E-state index contributed by atoms with van der Waals surface area (Å²) in [4.78, 5) is 17.8. The van der Waals surface area contributed by atoms with E-state index in [0.717, 1.165) is 63.6 Å². The number of carbonyl (C=O) groups is 1. The van der Waals surface area contributed by atoms with E-state index in [4.69, 9.17) is 14.5 Å². The van der Waals surface area contributed by atoms with E-state index in [9.17, 15) is 4.79 Å². The lowest BCUT2D eigenvalue weighted by molar-refractivity contribution is 0.0510. The molecule has 4 heterocycles. The van der Waals surface area contributed by atoms with Gasteiger partial charge in [0.1, 0.15) is 5.60 Å². The van der Waals surface area contributed by atoms with Gasteiger partial charge in [-0.05, 0) is 82.0 Å². The van der Waals surface area contributed by atoms with Gasteiger partial charge in [0, 0.05) is 17.6 Å². The van der Waals surface area contributed by atoms with E-state index in [1.54, 1.807) is 0 Å². The van der Waals surface area contributed by atoms with Crippen LogP contribution in [0.5, 0.6) is 0 Å². The van der Waals surface area contributed by atoms with E-state index in [2.05, 4.69) is 38.9 Å². The maximum atomic E-state index is 12.7. The van der Waals surface area contributed by atoms with Crippen LogP contribution in [0.25, 0.3) is 16.9 Å². The molecule has 2 unspecified atom stereocenters. The standard InChI is InChI=1S/C22H26IN5O3/c1-12-18(13(2)27(26-12)20(29)31-21(3,4)5)16-8-17(22-6-7-30-11-14(22)9-22)25-19-15(23)10-24-28(16)19/h8,10,14H,6-7,9,11H2,1-5H3. The summed E-state index contributed by atoms with van der Waals surface area (Å²) in [6.45, 7) is 10.9. The molecule has 3 aromatic rings. The Morgan fingerprint density at radius 2 is 2.13 bits per heavy atom. The lowest BCUT2D eigenvalue weighted by Gasteiger charge is -2.23. The quantitative estimate of drug-likeness (QED) is 0.456. The minimum Gasteiger partial charge on any atom is -0.442 e. The third-order valence-corrected chi connectivity index (χ3v) is 7.06. The van der Waals surface area contributed by atoms with Crippen molar-refractivity contribution in [1.29, 1.82) is 0 Å². The maximum Gasteiger partial charge on any atom is 0.435 e. The minimum absolute atomic E-state index is 0.0884. The third kappa shape index (κ3) is 3.36. The summed E-state index contributed by atoms with van der Waals surface area (Å²) in [7, 11) is 0. The number of aryl methyl sites for hydroxylation is 1. The monoisotopic (exact) mass is 535 g/mol. The molecule has 1 saturated heterocycles. The zero-order chi connectivity index (χ0) is 22.1. The van der Waals surface area contributed by atoms with Crippen LogP contribution in [-0.4, -0.2) is 49.3 Å². The first-order valence-corrected chi connectivity index (χ1v) is 11.6. The first kappa shape index (κ1) is 20.9. The number of rotatable bonds is 2. The SMILES string of the molecule is Cc1nn(C(=O)OC(C)(C)C)c(C)c1-c1cc(C23CCOCC2C3)nc2c(I)cnn12. The number of aromatic nitrogens is 5. The molecule has 2 aliphatic rings. The number of hydrogen-bond acceptors (Lipinski definition) is 6.